The van der Waals surface area contributed by atoms with Crippen molar-refractivity contribution in [2.45, 2.75) is 6.54 Å². The quantitative estimate of drug-likeness (QED) is 0.439. The first-order valence-electron chi connectivity index (χ1n) is 9.34. The van der Waals surface area contributed by atoms with E-state index in [1.807, 2.05) is 84.9 Å². The molecule has 3 aromatic carbocycles. The van der Waals surface area contributed by atoms with E-state index >= 15 is 0 Å². The van der Waals surface area contributed by atoms with Gasteiger partial charge in [-0.15, -0.1) is 0 Å². The zero-order chi connectivity index (χ0) is 20.1. The van der Waals surface area contributed by atoms with Crippen molar-refractivity contribution in [1.29, 1.82) is 5.26 Å². The molecular formula is C25H20N2O2. The van der Waals surface area contributed by atoms with Crippen LogP contribution < -0.4 is 10.1 Å². The van der Waals surface area contributed by atoms with Gasteiger partial charge in [0.05, 0.1) is 7.11 Å². The molecule has 0 aliphatic carbocycles. The maximum absolute atomic E-state index is 9.92. The maximum atomic E-state index is 9.92. The predicted molar refractivity (Wildman–Crippen MR) is 115 cm³/mol. The third-order valence-electron chi connectivity index (χ3n) is 4.73. The van der Waals surface area contributed by atoms with Gasteiger partial charge in [0.25, 0.3) is 0 Å². The van der Waals surface area contributed by atoms with Crippen molar-refractivity contribution in [1.82, 2.24) is 0 Å². The fourth-order valence-corrected chi connectivity index (χ4v) is 3.26. The normalized spacial score (nSPS) is 10.3. The Balaban J connectivity index is 1.74. The number of furan rings is 1. The van der Waals surface area contributed by atoms with Gasteiger partial charge in [0.2, 0.25) is 5.88 Å². The van der Waals surface area contributed by atoms with E-state index in [1.54, 1.807) is 7.11 Å². The molecule has 0 saturated heterocycles. The van der Waals surface area contributed by atoms with E-state index in [2.05, 4.69) is 11.4 Å². The summed E-state index contributed by atoms with van der Waals surface area (Å²) in [6.45, 7) is 0.536. The predicted octanol–water partition coefficient (Wildman–Crippen LogP) is 6.11. The molecule has 0 amide bonds. The van der Waals surface area contributed by atoms with Crippen molar-refractivity contribution in [2.75, 3.05) is 12.4 Å². The van der Waals surface area contributed by atoms with Crippen LogP contribution in [0.4, 0.5) is 5.88 Å². The Morgan fingerprint density at radius 2 is 1.48 bits per heavy atom. The summed E-state index contributed by atoms with van der Waals surface area (Å²) in [7, 11) is 1.64. The van der Waals surface area contributed by atoms with Crippen LogP contribution in [0.3, 0.4) is 0 Å². The lowest BCUT2D eigenvalue weighted by Crippen LogP contribution is -1.99. The van der Waals surface area contributed by atoms with E-state index < -0.39 is 0 Å². The maximum Gasteiger partial charge on any atom is 0.212 e. The summed E-state index contributed by atoms with van der Waals surface area (Å²) in [6.07, 6.45) is 0. The van der Waals surface area contributed by atoms with E-state index in [4.69, 9.17) is 9.15 Å². The standard InChI is InChI=1S/C25H20N2O2/c1-28-21-14-12-18(13-15-21)17-27-25-22(16-26)23(19-8-4-2-5-9-19)24(29-25)20-10-6-3-7-11-20/h2-15,27H,17H2,1H3. The molecule has 1 heterocycles. The van der Waals surface area contributed by atoms with Crippen LogP contribution in [0, 0.1) is 11.3 Å². The third kappa shape index (κ3) is 3.85. The first kappa shape index (κ1) is 18.4. The summed E-state index contributed by atoms with van der Waals surface area (Å²) in [5.41, 5.74) is 4.25. The number of rotatable bonds is 6. The number of hydrogen-bond donors (Lipinski definition) is 1. The molecule has 142 valence electrons. The van der Waals surface area contributed by atoms with Gasteiger partial charge in [-0.1, -0.05) is 72.8 Å². The molecule has 4 rings (SSSR count). The molecule has 0 aliphatic heterocycles. The van der Waals surface area contributed by atoms with Crippen LogP contribution in [-0.4, -0.2) is 7.11 Å². The van der Waals surface area contributed by atoms with E-state index in [0.29, 0.717) is 23.8 Å². The fraction of sp³-hybridized carbons (Fsp3) is 0.0800. The molecule has 29 heavy (non-hydrogen) atoms. The van der Waals surface area contributed by atoms with Crippen molar-refractivity contribution >= 4 is 5.88 Å². The molecule has 0 saturated carbocycles. The van der Waals surface area contributed by atoms with E-state index in [-0.39, 0.29) is 0 Å². The average Bonchev–Trinajstić information content (AvgIpc) is 3.17. The number of benzene rings is 3. The summed E-state index contributed by atoms with van der Waals surface area (Å²) in [4.78, 5) is 0. The lowest BCUT2D eigenvalue weighted by molar-refractivity contribution is 0.414. The van der Waals surface area contributed by atoms with Gasteiger partial charge in [0.1, 0.15) is 23.1 Å². The van der Waals surface area contributed by atoms with Crippen molar-refractivity contribution in [2.24, 2.45) is 0 Å². The van der Waals surface area contributed by atoms with Crippen molar-refractivity contribution in [3.05, 3.63) is 96.1 Å². The smallest absolute Gasteiger partial charge is 0.212 e. The molecule has 0 aliphatic rings. The number of nitrogens with one attached hydrogen (secondary N) is 1. The van der Waals surface area contributed by atoms with Gasteiger partial charge in [-0.05, 0) is 23.3 Å². The topological polar surface area (TPSA) is 58.2 Å². The monoisotopic (exact) mass is 380 g/mol. The lowest BCUT2D eigenvalue weighted by atomic mass is 9.98. The van der Waals surface area contributed by atoms with Gasteiger partial charge in [-0.2, -0.15) is 5.26 Å². The summed E-state index contributed by atoms with van der Waals surface area (Å²) < 4.78 is 11.4. The second-order valence-electron chi connectivity index (χ2n) is 6.56. The minimum absolute atomic E-state index is 0.473. The van der Waals surface area contributed by atoms with Gasteiger partial charge >= 0.3 is 0 Å². The molecule has 0 unspecified atom stereocenters. The number of ether oxygens (including phenoxy) is 1. The summed E-state index contributed by atoms with van der Waals surface area (Å²) >= 11 is 0. The highest BCUT2D eigenvalue weighted by molar-refractivity contribution is 5.88. The van der Waals surface area contributed by atoms with E-state index in [1.165, 1.54) is 0 Å². The van der Waals surface area contributed by atoms with Crippen LogP contribution in [0.5, 0.6) is 5.75 Å². The number of hydrogen-bond acceptors (Lipinski definition) is 4. The Morgan fingerprint density at radius 1 is 0.862 bits per heavy atom. The van der Waals surface area contributed by atoms with Gasteiger partial charge in [-0.3, -0.25) is 0 Å². The minimum atomic E-state index is 0.473. The Hall–Kier alpha value is -3.97. The lowest BCUT2D eigenvalue weighted by Gasteiger charge is -2.05. The molecule has 0 atom stereocenters. The van der Waals surface area contributed by atoms with Crippen molar-refractivity contribution in [3.8, 4) is 34.3 Å². The van der Waals surface area contributed by atoms with Gasteiger partial charge < -0.3 is 14.5 Å². The van der Waals surface area contributed by atoms with Gasteiger partial charge in [0, 0.05) is 17.7 Å². The fourth-order valence-electron chi connectivity index (χ4n) is 3.26. The Morgan fingerprint density at radius 3 is 2.07 bits per heavy atom. The van der Waals surface area contributed by atoms with Crippen LogP contribution in [0.1, 0.15) is 11.1 Å². The van der Waals surface area contributed by atoms with Crippen molar-refractivity contribution < 1.29 is 9.15 Å². The molecule has 0 radical (unpaired) electrons. The molecule has 1 aromatic heterocycles. The zero-order valence-corrected chi connectivity index (χ0v) is 16.1. The number of anilines is 1. The van der Waals surface area contributed by atoms with Gasteiger partial charge in [0.15, 0.2) is 0 Å². The average molecular weight is 380 g/mol. The molecule has 4 aromatic rings. The second kappa shape index (κ2) is 8.37. The first-order chi connectivity index (χ1) is 14.3. The molecule has 4 nitrogen and oxygen atoms in total. The number of nitriles is 1. The summed E-state index contributed by atoms with van der Waals surface area (Å²) in [5.74, 6) is 1.97. The van der Waals surface area contributed by atoms with Crippen LogP contribution >= 0.6 is 0 Å². The molecular weight excluding hydrogens is 360 g/mol. The van der Waals surface area contributed by atoms with Crippen LogP contribution in [0.25, 0.3) is 22.5 Å². The molecule has 0 fully saturated rings. The molecule has 0 bridgehead atoms. The third-order valence-corrected chi connectivity index (χ3v) is 4.73. The Bertz CT molecular complexity index is 1130. The Kier molecular flexibility index (Phi) is 5.31. The highest BCUT2D eigenvalue weighted by atomic mass is 16.5. The van der Waals surface area contributed by atoms with Crippen molar-refractivity contribution in [3.63, 3.8) is 0 Å². The van der Waals surface area contributed by atoms with E-state index in [0.717, 1.165) is 28.0 Å². The SMILES string of the molecule is COc1ccc(CNc2oc(-c3ccccc3)c(-c3ccccc3)c2C#N)cc1. The van der Waals surface area contributed by atoms with Crippen LogP contribution in [0.15, 0.2) is 89.3 Å². The minimum Gasteiger partial charge on any atom is -0.497 e. The summed E-state index contributed by atoms with van der Waals surface area (Å²) in [6, 6.07) is 29.8. The molecule has 0 spiro atoms. The highest BCUT2D eigenvalue weighted by Crippen LogP contribution is 2.41. The van der Waals surface area contributed by atoms with Crippen LogP contribution in [-0.2, 0) is 6.54 Å². The number of nitrogens with zero attached hydrogens (tertiary/aromatic N) is 1. The largest absolute Gasteiger partial charge is 0.497 e. The summed E-state index contributed by atoms with van der Waals surface area (Å²) in [5, 5.41) is 13.2. The van der Waals surface area contributed by atoms with Gasteiger partial charge in [-0.25, -0.2) is 0 Å². The second-order valence-corrected chi connectivity index (χ2v) is 6.56. The van der Waals surface area contributed by atoms with Crippen LogP contribution in [0.2, 0.25) is 0 Å². The number of methoxy groups -OCH3 is 1. The van der Waals surface area contributed by atoms with E-state index in [9.17, 15) is 5.26 Å². The zero-order valence-electron chi connectivity index (χ0n) is 16.1. The first-order valence-corrected chi connectivity index (χ1v) is 9.34. The highest BCUT2D eigenvalue weighted by Gasteiger charge is 2.22. The molecule has 4 heteroatoms. The molecule has 1 N–H and O–H groups in total. The Labute approximate surface area is 170 Å².